The topological polar surface area (TPSA) is 43.4 Å². The lowest BCUT2D eigenvalue weighted by Gasteiger charge is -2.02. The molecule has 0 saturated carbocycles. The zero-order chi connectivity index (χ0) is 11.7. The summed E-state index contributed by atoms with van der Waals surface area (Å²) < 4.78 is 5.16. The molecule has 0 heterocycles. The van der Waals surface area contributed by atoms with E-state index >= 15 is 0 Å². The number of allylic oxidation sites excluding steroid dienone is 1. The van der Waals surface area contributed by atoms with Crippen LogP contribution in [0.25, 0.3) is 0 Å². The molecule has 0 unspecified atom stereocenters. The Bertz CT molecular complexity index is 229. The SMILES string of the molecule is CCC(=O)CC(=O)CC=COCC(C)C. The van der Waals surface area contributed by atoms with Crippen LogP contribution in [-0.4, -0.2) is 18.2 Å². The van der Waals surface area contributed by atoms with Gasteiger partial charge in [0.15, 0.2) is 0 Å². The molecule has 0 aromatic carbocycles. The second-order valence-corrected chi connectivity index (χ2v) is 3.91. The minimum Gasteiger partial charge on any atom is -0.501 e. The van der Waals surface area contributed by atoms with Crippen LogP contribution in [0.3, 0.4) is 0 Å². The van der Waals surface area contributed by atoms with Gasteiger partial charge in [-0.1, -0.05) is 20.8 Å². The fraction of sp³-hybridized carbons (Fsp3) is 0.667. The van der Waals surface area contributed by atoms with Gasteiger partial charge in [0, 0.05) is 12.8 Å². The number of Topliss-reactive ketones (excluding diaryl/α,β-unsaturated/α-hetero) is 2. The molecule has 0 aromatic heterocycles. The monoisotopic (exact) mass is 212 g/mol. The van der Waals surface area contributed by atoms with Gasteiger partial charge in [-0.3, -0.25) is 9.59 Å². The van der Waals surface area contributed by atoms with E-state index in [1.165, 1.54) is 6.26 Å². The quantitative estimate of drug-likeness (QED) is 0.458. The number of rotatable bonds is 8. The molecule has 0 fully saturated rings. The Labute approximate surface area is 91.5 Å². The van der Waals surface area contributed by atoms with E-state index in [9.17, 15) is 9.59 Å². The number of ketones is 2. The van der Waals surface area contributed by atoms with Crippen molar-refractivity contribution in [2.75, 3.05) is 6.61 Å². The van der Waals surface area contributed by atoms with Crippen molar-refractivity contribution < 1.29 is 14.3 Å². The molecule has 0 aliphatic heterocycles. The maximum absolute atomic E-state index is 11.2. The molecule has 0 amide bonds. The first-order chi connectivity index (χ1) is 7.06. The molecule has 0 aromatic rings. The van der Waals surface area contributed by atoms with Gasteiger partial charge in [0.25, 0.3) is 0 Å². The molecule has 3 heteroatoms. The van der Waals surface area contributed by atoms with Crippen molar-refractivity contribution in [2.24, 2.45) is 5.92 Å². The van der Waals surface area contributed by atoms with Crippen molar-refractivity contribution >= 4 is 11.6 Å². The van der Waals surface area contributed by atoms with Gasteiger partial charge < -0.3 is 4.74 Å². The van der Waals surface area contributed by atoms with Crippen LogP contribution in [0, 0.1) is 5.92 Å². The molecule has 0 aliphatic rings. The lowest BCUT2D eigenvalue weighted by molar-refractivity contribution is -0.126. The molecule has 3 nitrogen and oxygen atoms in total. The predicted octanol–water partition coefficient (Wildman–Crippen LogP) is 2.50. The number of ether oxygens (including phenoxy) is 1. The first-order valence-electron chi connectivity index (χ1n) is 5.36. The third-order valence-corrected chi connectivity index (χ3v) is 1.76. The highest BCUT2D eigenvalue weighted by atomic mass is 16.5. The average molecular weight is 212 g/mol. The summed E-state index contributed by atoms with van der Waals surface area (Å²) in [6.45, 7) is 6.52. The summed E-state index contributed by atoms with van der Waals surface area (Å²) in [6.07, 6.45) is 3.95. The van der Waals surface area contributed by atoms with Crippen molar-refractivity contribution in [2.45, 2.75) is 40.0 Å². The van der Waals surface area contributed by atoms with Crippen LogP contribution < -0.4 is 0 Å². The van der Waals surface area contributed by atoms with Gasteiger partial charge in [-0.25, -0.2) is 0 Å². The van der Waals surface area contributed by atoms with Gasteiger partial charge in [-0.2, -0.15) is 0 Å². The Morgan fingerprint density at radius 3 is 2.47 bits per heavy atom. The van der Waals surface area contributed by atoms with Crippen molar-refractivity contribution in [3.8, 4) is 0 Å². The molecule has 0 atom stereocenters. The van der Waals surface area contributed by atoms with E-state index in [2.05, 4.69) is 13.8 Å². The van der Waals surface area contributed by atoms with Crippen molar-refractivity contribution in [1.29, 1.82) is 0 Å². The molecule has 0 N–H and O–H groups in total. The minimum atomic E-state index is -0.0498. The van der Waals surface area contributed by atoms with Crippen molar-refractivity contribution in [3.63, 3.8) is 0 Å². The maximum Gasteiger partial charge on any atom is 0.144 e. The van der Waals surface area contributed by atoms with Gasteiger partial charge in [-0.15, -0.1) is 0 Å². The van der Waals surface area contributed by atoms with Gasteiger partial charge in [-0.05, 0) is 12.0 Å². The molecule has 0 aliphatic carbocycles. The van der Waals surface area contributed by atoms with Crippen LogP contribution in [0.1, 0.15) is 40.0 Å². The lowest BCUT2D eigenvalue weighted by atomic mass is 10.1. The molecule has 86 valence electrons. The van der Waals surface area contributed by atoms with Crippen LogP contribution in [0.15, 0.2) is 12.3 Å². The summed E-state index contributed by atoms with van der Waals surface area (Å²) in [4.78, 5) is 22.1. The first-order valence-corrected chi connectivity index (χ1v) is 5.36. The maximum atomic E-state index is 11.2. The Balaban J connectivity index is 3.57. The van der Waals surface area contributed by atoms with Crippen LogP contribution in [0.5, 0.6) is 0 Å². The first kappa shape index (κ1) is 13.9. The van der Waals surface area contributed by atoms with Gasteiger partial charge in [0.05, 0.1) is 19.3 Å². The van der Waals surface area contributed by atoms with Crippen LogP contribution in [0.2, 0.25) is 0 Å². The van der Waals surface area contributed by atoms with Crippen LogP contribution >= 0.6 is 0 Å². The Morgan fingerprint density at radius 2 is 1.93 bits per heavy atom. The van der Waals surface area contributed by atoms with Gasteiger partial charge in [0.1, 0.15) is 11.6 Å². The number of carbonyl (C=O) groups excluding carboxylic acids is 2. The van der Waals surface area contributed by atoms with Crippen LogP contribution in [-0.2, 0) is 14.3 Å². The van der Waals surface area contributed by atoms with E-state index < -0.39 is 0 Å². The smallest absolute Gasteiger partial charge is 0.144 e. The fourth-order valence-corrected chi connectivity index (χ4v) is 0.913. The standard InChI is InChI=1S/C12H20O3/c1-4-11(13)8-12(14)6-5-7-15-9-10(2)3/h5,7,10H,4,6,8-9H2,1-3H3. The number of carbonyl (C=O) groups is 2. The molecule has 0 rings (SSSR count). The van der Waals surface area contributed by atoms with E-state index in [4.69, 9.17) is 4.74 Å². The highest BCUT2D eigenvalue weighted by Gasteiger charge is 2.05. The van der Waals surface area contributed by atoms with Gasteiger partial charge >= 0.3 is 0 Å². The molecule has 0 bridgehead atoms. The normalized spacial score (nSPS) is 10.9. The zero-order valence-electron chi connectivity index (χ0n) is 9.79. The van der Waals surface area contributed by atoms with E-state index in [0.29, 0.717) is 18.9 Å². The number of hydrogen-bond donors (Lipinski definition) is 0. The largest absolute Gasteiger partial charge is 0.501 e. The Morgan fingerprint density at radius 1 is 1.27 bits per heavy atom. The van der Waals surface area contributed by atoms with E-state index in [1.807, 2.05) is 0 Å². The molecular formula is C12H20O3. The van der Waals surface area contributed by atoms with Crippen molar-refractivity contribution in [3.05, 3.63) is 12.3 Å². The highest BCUT2D eigenvalue weighted by Crippen LogP contribution is 1.97. The lowest BCUT2D eigenvalue weighted by Crippen LogP contribution is -2.05. The second-order valence-electron chi connectivity index (χ2n) is 3.91. The summed E-state index contributed by atoms with van der Waals surface area (Å²) in [7, 11) is 0. The molecule has 0 saturated heterocycles. The van der Waals surface area contributed by atoms with E-state index in [-0.39, 0.29) is 24.4 Å². The number of hydrogen-bond acceptors (Lipinski definition) is 3. The fourth-order valence-electron chi connectivity index (χ4n) is 0.913. The summed E-state index contributed by atoms with van der Waals surface area (Å²) in [5, 5.41) is 0. The third kappa shape index (κ3) is 9.19. The Kier molecular flexibility index (Phi) is 7.60. The van der Waals surface area contributed by atoms with Crippen LogP contribution in [0.4, 0.5) is 0 Å². The zero-order valence-corrected chi connectivity index (χ0v) is 9.79. The van der Waals surface area contributed by atoms with Gasteiger partial charge in [0.2, 0.25) is 0 Å². The molecule has 0 spiro atoms. The average Bonchev–Trinajstić information content (AvgIpc) is 2.16. The summed E-state index contributed by atoms with van der Waals surface area (Å²) in [6, 6.07) is 0. The van der Waals surface area contributed by atoms with E-state index in [1.54, 1.807) is 13.0 Å². The third-order valence-electron chi connectivity index (χ3n) is 1.76. The molecule has 0 radical (unpaired) electrons. The summed E-state index contributed by atoms with van der Waals surface area (Å²) in [5.41, 5.74) is 0. The second kappa shape index (κ2) is 8.21. The summed E-state index contributed by atoms with van der Waals surface area (Å²) in [5.74, 6) is 0.426. The Hall–Kier alpha value is -1.12. The summed E-state index contributed by atoms with van der Waals surface area (Å²) >= 11 is 0. The minimum absolute atomic E-state index is 0.00324. The highest BCUT2D eigenvalue weighted by molar-refractivity contribution is 5.99. The molecule has 15 heavy (non-hydrogen) atoms. The van der Waals surface area contributed by atoms with E-state index in [0.717, 1.165) is 0 Å². The molecular weight excluding hydrogens is 192 g/mol. The predicted molar refractivity (Wildman–Crippen MR) is 59.5 cm³/mol. The van der Waals surface area contributed by atoms with Crippen molar-refractivity contribution in [1.82, 2.24) is 0 Å².